The van der Waals surface area contributed by atoms with E-state index in [0.29, 0.717) is 6.04 Å². The average molecular weight is 282 g/mol. The van der Waals surface area contributed by atoms with E-state index in [0.717, 1.165) is 13.0 Å². The van der Waals surface area contributed by atoms with Gasteiger partial charge in [0.15, 0.2) is 0 Å². The molecule has 2 heteroatoms. The van der Waals surface area contributed by atoms with Crippen LogP contribution in [0.25, 0.3) is 0 Å². The summed E-state index contributed by atoms with van der Waals surface area (Å²) in [5.41, 5.74) is 2.81. The second kappa shape index (κ2) is 9.30. The highest BCUT2D eigenvalue weighted by atomic mass is 14.9. The molecule has 0 saturated heterocycles. The maximum absolute atomic E-state index is 4.10. The van der Waals surface area contributed by atoms with Crippen molar-refractivity contribution in [2.75, 3.05) is 6.54 Å². The number of pyridine rings is 1. The van der Waals surface area contributed by atoms with Gasteiger partial charge in [-0.25, -0.2) is 0 Å². The van der Waals surface area contributed by atoms with Crippen LogP contribution in [0.2, 0.25) is 0 Å². The van der Waals surface area contributed by atoms with Gasteiger partial charge in [-0.3, -0.25) is 4.98 Å². The predicted molar refractivity (Wildman–Crippen MR) is 89.4 cm³/mol. The normalized spacial score (nSPS) is 12.2. The Morgan fingerprint density at radius 1 is 1.00 bits per heavy atom. The molecule has 0 bridgehead atoms. The zero-order valence-electron chi connectivity index (χ0n) is 13.0. The standard InChI is InChI=1S/C19H26N2/c1-2-13-21-19(16-18-11-14-20-15-12-18)10-6-9-17-7-4-3-5-8-17/h3-5,7-8,11-12,14-15,19,21H,2,6,9-10,13,16H2,1H3. The molecule has 0 spiro atoms. The van der Waals surface area contributed by atoms with Crippen LogP contribution in [0.4, 0.5) is 0 Å². The largest absolute Gasteiger partial charge is 0.314 e. The lowest BCUT2D eigenvalue weighted by molar-refractivity contribution is 0.464. The SMILES string of the molecule is CCCNC(CCCc1ccccc1)Cc1ccncc1. The molecule has 2 aromatic rings. The highest BCUT2D eigenvalue weighted by molar-refractivity contribution is 5.15. The molecule has 112 valence electrons. The van der Waals surface area contributed by atoms with Crippen molar-refractivity contribution in [3.05, 3.63) is 66.0 Å². The van der Waals surface area contributed by atoms with Crippen molar-refractivity contribution >= 4 is 0 Å². The maximum atomic E-state index is 4.10. The summed E-state index contributed by atoms with van der Waals surface area (Å²) < 4.78 is 0. The Morgan fingerprint density at radius 2 is 1.76 bits per heavy atom. The first kappa shape index (κ1) is 15.7. The Labute approximate surface area is 128 Å². The number of hydrogen-bond donors (Lipinski definition) is 1. The number of nitrogens with one attached hydrogen (secondary N) is 1. The molecule has 1 atom stereocenters. The summed E-state index contributed by atoms with van der Waals surface area (Å²) in [6.07, 6.45) is 9.67. The monoisotopic (exact) mass is 282 g/mol. The number of aromatic nitrogens is 1. The lowest BCUT2D eigenvalue weighted by atomic mass is 9.99. The van der Waals surface area contributed by atoms with E-state index in [4.69, 9.17) is 0 Å². The minimum absolute atomic E-state index is 0.566. The minimum Gasteiger partial charge on any atom is -0.314 e. The van der Waals surface area contributed by atoms with Gasteiger partial charge >= 0.3 is 0 Å². The lowest BCUT2D eigenvalue weighted by Crippen LogP contribution is -2.31. The summed E-state index contributed by atoms with van der Waals surface area (Å²) in [5, 5.41) is 3.68. The molecule has 0 saturated carbocycles. The summed E-state index contributed by atoms with van der Waals surface area (Å²) in [5.74, 6) is 0. The van der Waals surface area contributed by atoms with Gasteiger partial charge in [-0.15, -0.1) is 0 Å². The van der Waals surface area contributed by atoms with Gasteiger partial charge in [-0.05, 0) is 61.9 Å². The van der Waals surface area contributed by atoms with Crippen LogP contribution in [0.1, 0.15) is 37.3 Å². The Morgan fingerprint density at radius 3 is 2.48 bits per heavy atom. The van der Waals surface area contributed by atoms with Gasteiger partial charge in [-0.1, -0.05) is 37.3 Å². The number of aryl methyl sites for hydroxylation is 1. The Bertz CT molecular complexity index is 481. The van der Waals surface area contributed by atoms with E-state index in [2.05, 4.69) is 59.7 Å². The second-order valence-corrected chi connectivity index (χ2v) is 5.59. The zero-order chi connectivity index (χ0) is 14.8. The van der Waals surface area contributed by atoms with Crippen molar-refractivity contribution < 1.29 is 0 Å². The Kier molecular flexibility index (Phi) is 6.96. The summed E-state index contributed by atoms with van der Waals surface area (Å²) >= 11 is 0. The molecule has 0 aliphatic rings. The molecule has 1 aromatic carbocycles. The van der Waals surface area contributed by atoms with E-state index in [-0.39, 0.29) is 0 Å². The molecular weight excluding hydrogens is 256 g/mol. The van der Waals surface area contributed by atoms with Gasteiger partial charge in [0, 0.05) is 18.4 Å². The quantitative estimate of drug-likeness (QED) is 0.751. The number of benzene rings is 1. The van der Waals surface area contributed by atoms with Gasteiger partial charge in [0.25, 0.3) is 0 Å². The Balaban J connectivity index is 1.81. The fraction of sp³-hybridized carbons (Fsp3) is 0.421. The van der Waals surface area contributed by atoms with Crippen molar-refractivity contribution in [3.63, 3.8) is 0 Å². The summed E-state index contributed by atoms with van der Waals surface area (Å²) in [4.78, 5) is 4.10. The van der Waals surface area contributed by atoms with Crippen molar-refractivity contribution in [1.82, 2.24) is 10.3 Å². The van der Waals surface area contributed by atoms with Crippen molar-refractivity contribution in [3.8, 4) is 0 Å². The van der Waals surface area contributed by atoms with Gasteiger partial charge in [0.1, 0.15) is 0 Å². The maximum Gasteiger partial charge on any atom is 0.0270 e. The van der Waals surface area contributed by atoms with Crippen LogP contribution in [0.5, 0.6) is 0 Å². The first-order chi connectivity index (χ1) is 10.4. The summed E-state index contributed by atoms with van der Waals surface area (Å²) in [6, 6.07) is 15.6. The first-order valence-corrected chi connectivity index (χ1v) is 8.04. The van der Waals surface area contributed by atoms with Gasteiger partial charge in [0.05, 0.1) is 0 Å². The third-order valence-corrected chi connectivity index (χ3v) is 3.78. The molecule has 1 heterocycles. The number of hydrogen-bond acceptors (Lipinski definition) is 2. The van der Waals surface area contributed by atoms with Crippen LogP contribution in [-0.2, 0) is 12.8 Å². The van der Waals surface area contributed by atoms with E-state index in [9.17, 15) is 0 Å². The minimum atomic E-state index is 0.566. The molecule has 1 unspecified atom stereocenters. The third kappa shape index (κ3) is 6.09. The molecule has 2 rings (SSSR count). The fourth-order valence-electron chi connectivity index (χ4n) is 2.63. The van der Waals surface area contributed by atoms with Crippen LogP contribution >= 0.6 is 0 Å². The molecule has 2 nitrogen and oxygen atoms in total. The molecule has 0 amide bonds. The van der Waals surface area contributed by atoms with Crippen molar-refractivity contribution in [1.29, 1.82) is 0 Å². The topological polar surface area (TPSA) is 24.9 Å². The van der Waals surface area contributed by atoms with Crippen LogP contribution in [0.3, 0.4) is 0 Å². The summed E-state index contributed by atoms with van der Waals surface area (Å²) in [6.45, 7) is 3.32. The lowest BCUT2D eigenvalue weighted by Gasteiger charge is -2.18. The number of rotatable bonds is 9. The summed E-state index contributed by atoms with van der Waals surface area (Å²) in [7, 11) is 0. The molecule has 0 aliphatic carbocycles. The molecule has 0 fully saturated rings. The van der Waals surface area contributed by atoms with Crippen LogP contribution < -0.4 is 5.32 Å². The van der Waals surface area contributed by atoms with E-state index in [1.807, 2.05) is 12.4 Å². The van der Waals surface area contributed by atoms with Crippen molar-refractivity contribution in [2.45, 2.75) is 45.1 Å². The average Bonchev–Trinajstić information content (AvgIpc) is 2.54. The molecule has 1 N–H and O–H groups in total. The van der Waals surface area contributed by atoms with Crippen LogP contribution in [0, 0.1) is 0 Å². The molecule has 0 radical (unpaired) electrons. The Hall–Kier alpha value is -1.67. The van der Waals surface area contributed by atoms with Crippen molar-refractivity contribution in [2.24, 2.45) is 0 Å². The van der Waals surface area contributed by atoms with E-state index in [1.165, 1.54) is 36.8 Å². The third-order valence-electron chi connectivity index (χ3n) is 3.78. The predicted octanol–water partition coefficient (Wildman–Crippen LogP) is 4.02. The molecular formula is C19H26N2. The fourth-order valence-corrected chi connectivity index (χ4v) is 2.63. The van der Waals surface area contributed by atoms with Crippen LogP contribution in [-0.4, -0.2) is 17.6 Å². The second-order valence-electron chi connectivity index (χ2n) is 5.59. The van der Waals surface area contributed by atoms with Gasteiger partial charge in [-0.2, -0.15) is 0 Å². The van der Waals surface area contributed by atoms with E-state index >= 15 is 0 Å². The van der Waals surface area contributed by atoms with E-state index < -0.39 is 0 Å². The van der Waals surface area contributed by atoms with Crippen LogP contribution in [0.15, 0.2) is 54.9 Å². The van der Waals surface area contributed by atoms with Gasteiger partial charge in [0.2, 0.25) is 0 Å². The molecule has 21 heavy (non-hydrogen) atoms. The first-order valence-electron chi connectivity index (χ1n) is 8.04. The molecule has 0 aliphatic heterocycles. The smallest absolute Gasteiger partial charge is 0.0270 e. The number of nitrogens with zero attached hydrogens (tertiary/aromatic N) is 1. The van der Waals surface area contributed by atoms with E-state index in [1.54, 1.807) is 0 Å². The highest BCUT2D eigenvalue weighted by Gasteiger charge is 2.08. The zero-order valence-corrected chi connectivity index (χ0v) is 13.0. The highest BCUT2D eigenvalue weighted by Crippen LogP contribution is 2.10. The van der Waals surface area contributed by atoms with Gasteiger partial charge < -0.3 is 5.32 Å². The molecule has 1 aromatic heterocycles.